The fraction of sp³-hybridized carbons (Fsp3) is 0.692. The molecule has 1 fully saturated rings. The number of anilines is 1. The number of carbonyl (C=O) groups is 3. The SMILES string of the molecule is CCCC/C=C\C=C\CCCCCCCCCC(=O)SCCNC(=O)CCNC(=O)[C@H](O)C(C)(C)COP(=O)([O-])OP(=O)([O-])OC[C@H]1O[C@@H](n2cnc3c(N)ncnc32)[C@H](O)[C@@H]1OP(=O)([O-])[O-]. The zero-order valence-electron chi connectivity index (χ0n) is 37.7. The summed E-state index contributed by atoms with van der Waals surface area (Å²) in [4.78, 5) is 96.8. The quantitative estimate of drug-likeness (QED) is 0.0387. The van der Waals surface area contributed by atoms with Crippen molar-refractivity contribution in [2.45, 2.75) is 135 Å². The van der Waals surface area contributed by atoms with Gasteiger partial charge in [-0.1, -0.05) is 102 Å². The number of fused-ring (bicyclic) bond motifs is 1. The van der Waals surface area contributed by atoms with E-state index in [1.54, 1.807) is 0 Å². The van der Waals surface area contributed by atoms with Crippen molar-refractivity contribution >= 4 is 69.1 Å². The van der Waals surface area contributed by atoms with Crippen molar-refractivity contribution in [2.24, 2.45) is 5.41 Å². The largest absolute Gasteiger partial charge is 0.790 e. The van der Waals surface area contributed by atoms with Gasteiger partial charge in [-0.05, 0) is 25.7 Å². The van der Waals surface area contributed by atoms with E-state index in [2.05, 4.69) is 74.7 Å². The van der Waals surface area contributed by atoms with E-state index in [4.69, 9.17) is 10.5 Å². The van der Waals surface area contributed by atoms with Gasteiger partial charge in [0.2, 0.25) is 11.8 Å². The van der Waals surface area contributed by atoms with Crippen LogP contribution in [0, 0.1) is 5.41 Å². The van der Waals surface area contributed by atoms with Crippen LogP contribution in [-0.4, -0.2) is 103 Å². The number of amides is 2. The molecule has 0 spiro atoms. The summed E-state index contributed by atoms with van der Waals surface area (Å²) in [5, 5.41) is 26.5. The molecule has 67 heavy (non-hydrogen) atoms. The summed E-state index contributed by atoms with van der Waals surface area (Å²) in [6.07, 6.45) is 13.8. The fourth-order valence-corrected chi connectivity index (χ4v) is 9.89. The number of aromatic nitrogens is 4. The van der Waals surface area contributed by atoms with Crippen LogP contribution in [0.25, 0.3) is 11.2 Å². The number of ether oxygens (including phenoxy) is 1. The van der Waals surface area contributed by atoms with E-state index in [9.17, 15) is 57.9 Å². The Bertz CT molecular complexity index is 2090. The van der Waals surface area contributed by atoms with Gasteiger partial charge in [-0.2, -0.15) is 0 Å². The number of hydrogen-bond donors (Lipinski definition) is 5. The Morgan fingerprint density at radius 3 is 2.24 bits per heavy atom. The molecule has 2 aromatic rings. The third-order valence-corrected chi connectivity index (χ3v) is 14.0. The predicted molar refractivity (Wildman–Crippen MR) is 238 cm³/mol. The molecular formula is C39H62N7O17P3S-4. The molecule has 1 aliphatic heterocycles. The molecule has 2 amide bonds. The Hall–Kier alpha value is -2.96. The molecule has 1 saturated heterocycles. The van der Waals surface area contributed by atoms with Gasteiger partial charge in [0, 0.05) is 37.1 Å². The molecule has 0 aliphatic carbocycles. The second-order valence-corrected chi connectivity index (χ2v) is 21.4. The number of nitrogens with one attached hydrogen (secondary N) is 2. The highest BCUT2D eigenvalue weighted by Crippen LogP contribution is 2.56. The number of aliphatic hydroxyl groups excluding tert-OH is 2. The number of nitrogens with zero attached hydrogens (tertiary/aromatic N) is 4. The standard InChI is InChI=1S/C39H66N7O17P3S/c1-4-5-6-7-8-9-10-11-12-13-14-15-16-17-18-19-30(48)67-23-22-41-29(47)20-21-42-37(51)34(50)39(2,3)25-60-66(57,58)63-65(55,56)59-24-28-33(62-64(52,53)54)32(49)38(61-28)46-27-45-31-35(40)43-26-44-36(31)46/h7-10,26-28,32-34,38,49-50H,4-6,11-25H2,1-3H3,(H,41,47)(H,42,51)(H,55,56)(H,57,58)(H2,40,43,44)(H2,52,53,54)/p-4/b8-7-,10-9+/t28-,32-,33-,34+,38-/m1/s1. The number of thioether (sulfide) groups is 1. The fourth-order valence-electron chi connectivity index (χ4n) is 6.43. The lowest BCUT2D eigenvalue weighted by molar-refractivity contribution is -0.347. The van der Waals surface area contributed by atoms with Crippen LogP contribution < -0.4 is 35.9 Å². The van der Waals surface area contributed by atoms with Gasteiger partial charge < -0.3 is 69.0 Å². The highest BCUT2D eigenvalue weighted by atomic mass is 32.2. The Labute approximate surface area is 393 Å². The summed E-state index contributed by atoms with van der Waals surface area (Å²) in [7, 11) is -17.6. The van der Waals surface area contributed by atoms with Crippen molar-refractivity contribution in [1.82, 2.24) is 30.2 Å². The highest BCUT2D eigenvalue weighted by molar-refractivity contribution is 8.13. The normalized spacial score (nSPS) is 20.3. The van der Waals surface area contributed by atoms with E-state index >= 15 is 0 Å². The number of carbonyl (C=O) groups excluding carboxylic acids is 3. The van der Waals surface area contributed by atoms with E-state index in [-0.39, 0.29) is 41.6 Å². The number of phosphoric acid groups is 3. The van der Waals surface area contributed by atoms with E-state index in [0.717, 1.165) is 67.5 Å². The van der Waals surface area contributed by atoms with Crippen LogP contribution in [0.4, 0.5) is 5.82 Å². The average Bonchev–Trinajstić information content (AvgIpc) is 3.81. The van der Waals surface area contributed by atoms with Crippen LogP contribution in [0.3, 0.4) is 0 Å². The van der Waals surface area contributed by atoms with Gasteiger partial charge in [0.05, 0.1) is 27.4 Å². The van der Waals surface area contributed by atoms with Gasteiger partial charge in [0.15, 0.2) is 22.8 Å². The third kappa shape index (κ3) is 21.7. The molecule has 7 atom stereocenters. The van der Waals surface area contributed by atoms with E-state index in [1.807, 2.05) is 0 Å². The Kier molecular flexibility index (Phi) is 24.9. The highest BCUT2D eigenvalue weighted by Gasteiger charge is 2.47. The number of nitrogen functional groups attached to an aromatic ring is 1. The zero-order valence-corrected chi connectivity index (χ0v) is 41.2. The number of phosphoric ester groups is 3. The van der Waals surface area contributed by atoms with Gasteiger partial charge in [-0.25, -0.2) is 19.3 Å². The molecule has 0 bridgehead atoms. The Morgan fingerprint density at radius 2 is 1.57 bits per heavy atom. The van der Waals surface area contributed by atoms with Gasteiger partial charge in [0.25, 0.3) is 15.6 Å². The second kappa shape index (κ2) is 28.6. The number of nitrogens with two attached hydrogens (primary N) is 1. The lowest BCUT2D eigenvalue weighted by Gasteiger charge is -2.36. The van der Waals surface area contributed by atoms with E-state index < -0.39 is 84.6 Å². The van der Waals surface area contributed by atoms with Crippen LogP contribution in [0.1, 0.15) is 110 Å². The number of unbranched alkanes of at least 4 members (excludes halogenated alkanes) is 9. The average molecular weight is 1030 g/mol. The minimum absolute atomic E-state index is 0.0194. The summed E-state index contributed by atoms with van der Waals surface area (Å²) < 4.78 is 60.8. The first-order valence-corrected chi connectivity index (χ1v) is 27.2. The van der Waals surface area contributed by atoms with Crippen LogP contribution >= 0.6 is 35.2 Å². The number of hydrogen-bond acceptors (Lipinski definition) is 22. The molecular weight excluding hydrogens is 963 g/mol. The first kappa shape index (κ1) is 58.4. The first-order chi connectivity index (χ1) is 31.6. The molecule has 0 aromatic carbocycles. The summed E-state index contributed by atoms with van der Waals surface area (Å²) in [6, 6.07) is 0. The van der Waals surface area contributed by atoms with Crippen molar-refractivity contribution in [2.75, 3.05) is 37.8 Å². The summed E-state index contributed by atoms with van der Waals surface area (Å²) >= 11 is 1.13. The maximum absolute atomic E-state index is 12.6. The van der Waals surface area contributed by atoms with Crippen molar-refractivity contribution < 1.29 is 80.5 Å². The molecule has 2 aromatic heterocycles. The number of imidazole rings is 1. The molecule has 6 N–H and O–H groups in total. The van der Waals surface area contributed by atoms with Crippen LogP contribution in [0.15, 0.2) is 37.0 Å². The van der Waals surface area contributed by atoms with Gasteiger partial charge in [-0.3, -0.25) is 28.1 Å². The zero-order chi connectivity index (χ0) is 49.7. The van der Waals surface area contributed by atoms with Crippen molar-refractivity contribution in [3.63, 3.8) is 0 Å². The van der Waals surface area contributed by atoms with Gasteiger partial charge >= 0.3 is 0 Å². The van der Waals surface area contributed by atoms with Crippen molar-refractivity contribution in [1.29, 1.82) is 0 Å². The van der Waals surface area contributed by atoms with E-state index in [1.165, 1.54) is 46.0 Å². The lowest BCUT2D eigenvalue weighted by Crippen LogP contribution is -2.46. The van der Waals surface area contributed by atoms with Crippen LogP contribution in [0.2, 0.25) is 0 Å². The molecule has 2 unspecified atom stereocenters. The van der Waals surface area contributed by atoms with Crippen molar-refractivity contribution in [3.05, 3.63) is 37.0 Å². The Morgan fingerprint density at radius 1 is 0.925 bits per heavy atom. The van der Waals surface area contributed by atoms with Gasteiger partial charge in [-0.15, -0.1) is 0 Å². The van der Waals surface area contributed by atoms with Gasteiger partial charge in [0.1, 0.15) is 36.3 Å². The molecule has 3 rings (SSSR count). The molecule has 28 heteroatoms. The molecule has 380 valence electrons. The smallest absolute Gasteiger partial charge is 0.274 e. The third-order valence-electron chi connectivity index (χ3n) is 10.1. The van der Waals surface area contributed by atoms with Crippen LogP contribution in [-0.2, 0) is 50.7 Å². The summed E-state index contributed by atoms with van der Waals surface area (Å²) in [5.41, 5.74) is 4.09. The maximum Gasteiger partial charge on any atom is 0.274 e. The Balaban J connectivity index is 1.31. The lowest BCUT2D eigenvalue weighted by atomic mass is 9.87. The molecule has 0 radical (unpaired) electrons. The first-order valence-electron chi connectivity index (χ1n) is 21.8. The molecule has 1 aliphatic rings. The number of aliphatic hydroxyl groups is 2. The molecule has 3 heterocycles. The summed E-state index contributed by atoms with van der Waals surface area (Å²) in [6.45, 7) is 2.34. The number of allylic oxidation sites excluding steroid dienone is 4. The van der Waals surface area contributed by atoms with Crippen molar-refractivity contribution in [3.8, 4) is 0 Å². The minimum Gasteiger partial charge on any atom is -0.790 e. The maximum atomic E-state index is 12.6. The number of rotatable bonds is 33. The predicted octanol–water partition coefficient (Wildman–Crippen LogP) is 1.95. The molecule has 0 saturated carbocycles. The van der Waals surface area contributed by atoms with E-state index in [0.29, 0.717) is 12.2 Å². The minimum atomic E-state index is -5.92. The summed E-state index contributed by atoms with van der Waals surface area (Å²) in [5.74, 6) is -1.15. The topological polar surface area (TPSA) is 375 Å². The monoisotopic (exact) mass is 1030 g/mol. The second-order valence-electron chi connectivity index (χ2n) is 16.2. The van der Waals surface area contributed by atoms with Crippen LogP contribution in [0.5, 0.6) is 0 Å². The molecule has 24 nitrogen and oxygen atoms in total.